The largest absolute Gasteiger partial charge is 0.449 e. The van der Waals surface area contributed by atoms with E-state index < -0.39 is 0 Å². The van der Waals surface area contributed by atoms with Crippen molar-refractivity contribution in [1.82, 2.24) is 33.8 Å². The number of halogens is 1. The first-order valence-electron chi connectivity index (χ1n) is 10.0. The van der Waals surface area contributed by atoms with Crippen molar-refractivity contribution in [2.75, 3.05) is 18.4 Å². The van der Waals surface area contributed by atoms with Crippen LogP contribution in [0.2, 0.25) is 0 Å². The van der Waals surface area contributed by atoms with Gasteiger partial charge in [0.2, 0.25) is 11.0 Å². The van der Waals surface area contributed by atoms with E-state index in [1.807, 2.05) is 23.1 Å². The molecule has 1 saturated heterocycles. The quantitative estimate of drug-likeness (QED) is 0.425. The number of pyridine rings is 2. The van der Waals surface area contributed by atoms with Crippen LogP contribution in [0.15, 0.2) is 41.4 Å². The molecule has 32 heavy (non-hydrogen) atoms. The van der Waals surface area contributed by atoms with Crippen LogP contribution in [0.4, 0.5) is 10.9 Å². The van der Waals surface area contributed by atoms with E-state index in [9.17, 15) is 4.79 Å². The van der Waals surface area contributed by atoms with Crippen molar-refractivity contribution in [1.29, 1.82) is 0 Å². The zero-order valence-corrected chi connectivity index (χ0v) is 19.5. The molecule has 0 unspecified atom stereocenters. The van der Waals surface area contributed by atoms with Crippen LogP contribution in [0.1, 0.15) is 31.5 Å². The van der Waals surface area contributed by atoms with E-state index in [-0.39, 0.29) is 11.8 Å². The SMILES string of the molecule is CC(=O)N1CCC(c2nsc(Nc3ncc(Br)cc3Oc3cccn4ncnc34)n2)CC1. The fourth-order valence-corrected chi connectivity index (χ4v) is 4.57. The van der Waals surface area contributed by atoms with Gasteiger partial charge in [-0.2, -0.15) is 9.47 Å². The van der Waals surface area contributed by atoms with Gasteiger partial charge in [0.15, 0.2) is 23.0 Å². The van der Waals surface area contributed by atoms with Crippen molar-refractivity contribution < 1.29 is 9.53 Å². The first-order chi connectivity index (χ1) is 15.6. The van der Waals surface area contributed by atoms with Crippen molar-refractivity contribution in [2.45, 2.75) is 25.7 Å². The zero-order chi connectivity index (χ0) is 22.1. The highest BCUT2D eigenvalue weighted by molar-refractivity contribution is 9.10. The van der Waals surface area contributed by atoms with Crippen molar-refractivity contribution in [2.24, 2.45) is 0 Å². The van der Waals surface area contributed by atoms with Gasteiger partial charge >= 0.3 is 0 Å². The van der Waals surface area contributed by atoms with Crippen molar-refractivity contribution in [3.05, 3.63) is 47.2 Å². The van der Waals surface area contributed by atoms with Crippen molar-refractivity contribution in [3.8, 4) is 11.5 Å². The van der Waals surface area contributed by atoms with Crippen LogP contribution in [-0.2, 0) is 4.79 Å². The topological polar surface area (TPSA) is 110 Å². The molecule has 0 aromatic carbocycles. The molecule has 4 aromatic rings. The minimum atomic E-state index is 0.118. The van der Waals surface area contributed by atoms with E-state index in [1.54, 1.807) is 23.8 Å². The molecule has 0 spiro atoms. The molecule has 5 heterocycles. The predicted octanol–water partition coefficient (Wildman–Crippen LogP) is 4.00. The predicted molar refractivity (Wildman–Crippen MR) is 122 cm³/mol. The second-order valence-corrected chi connectivity index (χ2v) is 9.03. The number of fused-ring (bicyclic) bond motifs is 1. The Morgan fingerprint density at radius 1 is 1.28 bits per heavy atom. The molecule has 0 saturated carbocycles. The molecule has 5 rings (SSSR count). The summed E-state index contributed by atoms with van der Waals surface area (Å²) >= 11 is 4.73. The highest BCUT2D eigenvalue weighted by atomic mass is 79.9. The fourth-order valence-electron chi connectivity index (χ4n) is 3.62. The van der Waals surface area contributed by atoms with E-state index in [0.717, 1.165) is 36.2 Å². The van der Waals surface area contributed by atoms with Gasteiger partial charge in [-0.1, -0.05) is 0 Å². The number of piperidine rings is 1. The number of carbonyl (C=O) groups excluding carboxylic acids is 1. The van der Waals surface area contributed by atoms with Crippen molar-refractivity contribution >= 4 is 50.0 Å². The van der Waals surface area contributed by atoms with Gasteiger partial charge in [0.25, 0.3) is 0 Å². The lowest BCUT2D eigenvalue weighted by atomic mass is 9.96. The van der Waals surface area contributed by atoms with Crippen LogP contribution in [0.3, 0.4) is 0 Å². The molecule has 0 bridgehead atoms. The van der Waals surface area contributed by atoms with Crippen molar-refractivity contribution in [3.63, 3.8) is 0 Å². The molecule has 1 amide bonds. The van der Waals surface area contributed by atoms with E-state index in [4.69, 9.17) is 4.74 Å². The molecule has 164 valence electrons. The Morgan fingerprint density at radius 3 is 2.94 bits per heavy atom. The van der Waals surface area contributed by atoms with Gasteiger partial charge in [0.05, 0.1) is 0 Å². The minimum Gasteiger partial charge on any atom is -0.449 e. The number of carbonyl (C=O) groups is 1. The summed E-state index contributed by atoms with van der Waals surface area (Å²) in [5.41, 5.74) is 0.605. The molecule has 12 heteroatoms. The van der Waals surface area contributed by atoms with Crippen LogP contribution in [-0.4, -0.2) is 52.8 Å². The summed E-state index contributed by atoms with van der Waals surface area (Å²) in [5.74, 6) is 2.76. The van der Waals surface area contributed by atoms with Crippen LogP contribution in [0.5, 0.6) is 11.5 Å². The van der Waals surface area contributed by atoms with Crippen LogP contribution >= 0.6 is 27.5 Å². The number of nitrogens with zero attached hydrogens (tertiary/aromatic N) is 7. The Labute approximate surface area is 196 Å². The smallest absolute Gasteiger partial charge is 0.219 e. The lowest BCUT2D eigenvalue weighted by Gasteiger charge is -2.29. The number of amides is 1. The summed E-state index contributed by atoms with van der Waals surface area (Å²) in [7, 11) is 0. The Morgan fingerprint density at radius 2 is 2.12 bits per heavy atom. The van der Waals surface area contributed by atoms with Gasteiger partial charge in [-0.15, -0.1) is 0 Å². The molecular weight excluding hydrogens is 496 g/mol. The number of rotatable bonds is 5. The molecule has 0 radical (unpaired) electrons. The molecule has 1 N–H and O–H groups in total. The maximum atomic E-state index is 11.5. The van der Waals surface area contributed by atoms with Gasteiger partial charge in [-0.3, -0.25) is 4.79 Å². The van der Waals surface area contributed by atoms with E-state index >= 15 is 0 Å². The van der Waals surface area contributed by atoms with Gasteiger partial charge in [0.1, 0.15) is 12.2 Å². The summed E-state index contributed by atoms with van der Waals surface area (Å²) in [4.78, 5) is 26.8. The lowest BCUT2D eigenvalue weighted by Crippen LogP contribution is -2.36. The van der Waals surface area contributed by atoms with Crippen LogP contribution in [0.25, 0.3) is 5.65 Å². The van der Waals surface area contributed by atoms with Gasteiger partial charge in [-0.05, 0) is 40.9 Å². The number of hydrogen-bond acceptors (Lipinski definition) is 9. The third-order valence-electron chi connectivity index (χ3n) is 5.28. The average molecular weight is 515 g/mol. The number of aromatic nitrogens is 6. The summed E-state index contributed by atoms with van der Waals surface area (Å²) in [6, 6.07) is 5.49. The monoisotopic (exact) mass is 514 g/mol. The average Bonchev–Trinajstić information content (AvgIpc) is 3.46. The molecule has 4 aromatic heterocycles. The Bertz CT molecular complexity index is 1270. The Kier molecular flexibility index (Phi) is 5.70. The highest BCUT2D eigenvalue weighted by Gasteiger charge is 2.25. The van der Waals surface area contributed by atoms with Crippen LogP contribution in [0, 0.1) is 0 Å². The molecule has 1 aliphatic heterocycles. The Balaban J connectivity index is 1.34. The molecule has 0 aliphatic carbocycles. The van der Waals surface area contributed by atoms with Gasteiger partial charge in [0, 0.05) is 60.4 Å². The van der Waals surface area contributed by atoms with E-state index in [2.05, 4.69) is 45.7 Å². The first-order valence-corrected chi connectivity index (χ1v) is 11.6. The summed E-state index contributed by atoms with van der Waals surface area (Å²) in [5, 5.41) is 8.00. The second kappa shape index (κ2) is 8.79. The number of ether oxygens (including phenoxy) is 1. The van der Waals surface area contributed by atoms with E-state index in [1.165, 1.54) is 17.9 Å². The number of anilines is 2. The third kappa shape index (κ3) is 4.28. The summed E-state index contributed by atoms with van der Waals surface area (Å²) in [6.45, 7) is 3.09. The molecule has 1 aliphatic rings. The van der Waals surface area contributed by atoms with Crippen LogP contribution < -0.4 is 10.1 Å². The maximum absolute atomic E-state index is 11.5. The molecule has 10 nitrogen and oxygen atoms in total. The number of nitrogens with one attached hydrogen (secondary N) is 1. The lowest BCUT2D eigenvalue weighted by molar-refractivity contribution is -0.129. The fraction of sp³-hybridized carbons (Fsp3) is 0.300. The van der Waals surface area contributed by atoms with Gasteiger partial charge in [-0.25, -0.2) is 19.5 Å². The maximum Gasteiger partial charge on any atom is 0.219 e. The standard InChI is InChI=1S/C20H19BrN8O2S/c1-12(30)28-7-4-13(5-8-28)17-25-20(32-27-17)26-18-16(9-14(21)10-22-18)31-15-3-2-6-29-19(15)23-11-24-29/h2-3,6,9-11,13H,4-5,7-8H2,1H3,(H,22,25,26,27). The summed E-state index contributed by atoms with van der Waals surface area (Å²) < 4.78 is 13.1. The highest BCUT2D eigenvalue weighted by Crippen LogP contribution is 2.35. The second-order valence-electron chi connectivity index (χ2n) is 7.37. The Hall–Kier alpha value is -3.12. The molecule has 1 fully saturated rings. The molecular formula is C20H19BrN8O2S. The van der Waals surface area contributed by atoms with E-state index in [0.29, 0.717) is 28.1 Å². The molecule has 0 atom stereocenters. The number of hydrogen-bond donors (Lipinski definition) is 1. The minimum absolute atomic E-state index is 0.118. The summed E-state index contributed by atoms with van der Waals surface area (Å²) in [6.07, 6.45) is 6.69. The third-order valence-corrected chi connectivity index (χ3v) is 6.36. The zero-order valence-electron chi connectivity index (χ0n) is 17.1. The van der Waals surface area contributed by atoms with Gasteiger partial charge < -0.3 is 15.0 Å². The number of likely N-dealkylation sites (tertiary alicyclic amines) is 1. The normalized spacial score (nSPS) is 14.6. The first kappa shape index (κ1) is 20.8.